The minimum absolute atomic E-state index is 0.195. The van der Waals surface area contributed by atoms with Gasteiger partial charge in [-0.15, -0.1) is 0 Å². The molecule has 1 N–H and O–H groups in total. The zero-order valence-electron chi connectivity index (χ0n) is 8.54. The van der Waals surface area contributed by atoms with Crippen LogP contribution < -0.4 is 5.32 Å². The van der Waals surface area contributed by atoms with Crippen molar-refractivity contribution in [1.29, 1.82) is 0 Å². The first-order valence-electron chi connectivity index (χ1n) is 4.80. The summed E-state index contributed by atoms with van der Waals surface area (Å²) in [6.07, 6.45) is 0. The van der Waals surface area contributed by atoms with E-state index in [0.717, 1.165) is 13.2 Å². The van der Waals surface area contributed by atoms with Crippen LogP contribution in [0.2, 0.25) is 0 Å². The number of para-hydroxylation sites is 1. The summed E-state index contributed by atoms with van der Waals surface area (Å²) in [5, 5.41) is 3.45. The summed E-state index contributed by atoms with van der Waals surface area (Å²) >= 11 is 1.46. The maximum Gasteiger partial charge on any atom is 0.0686 e. The summed E-state index contributed by atoms with van der Waals surface area (Å²) in [6, 6.07) is 8.24. The molecule has 0 aromatic heterocycles. The monoisotopic (exact) mass is 209 g/mol. The number of hydrogen-bond donors (Lipinski definition) is 1. The number of benzene rings is 1. The number of hydrogen-bond acceptors (Lipinski definition) is 3. The van der Waals surface area contributed by atoms with Gasteiger partial charge in [-0.2, -0.15) is 0 Å². The lowest BCUT2D eigenvalue weighted by Gasteiger charge is -2.28. The van der Waals surface area contributed by atoms with Gasteiger partial charge in [0.1, 0.15) is 0 Å². The van der Waals surface area contributed by atoms with Crippen LogP contribution in [-0.2, 0) is 4.18 Å². The fourth-order valence-corrected chi connectivity index (χ4v) is 2.19. The van der Waals surface area contributed by atoms with Crippen LogP contribution in [0.15, 0.2) is 29.2 Å². The summed E-state index contributed by atoms with van der Waals surface area (Å²) in [5.41, 5.74) is 1.37. The molecule has 0 saturated carbocycles. The molecule has 2 nitrogen and oxygen atoms in total. The highest BCUT2D eigenvalue weighted by molar-refractivity contribution is 7.94. The van der Waals surface area contributed by atoms with Crippen LogP contribution in [0.4, 0.5) is 5.69 Å². The van der Waals surface area contributed by atoms with Crippen LogP contribution in [0.25, 0.3) is 0 Å². The first-order valence-corrected chi connectivity index (χ1v) is 5.54. The van der Waals surface area contributed by atoms with Crippen LogP contribution >= 0.6 is 12.0 Å². The Morgan fingerprint density at radius 3 is 3.00 bits per heavy atom. The molecule has 0 amide bonds. The van der Waals surface area contributed by atoms with E-state index in [1.807, 2.05) is 12.1 Å². The van der Waals surface area contributed by atoms with Gasteiger partial charge in [0.25, 0.3) is 0 Å². The molecule has 2 rings (SSSR count). The van der Waals surface area contributed by atoms with Crippen molar-refractivity contribution in [3.63, 3.8) is 0 Å². The van der Waals surface area contributed by atoms with Crippen molar-refractivity contribution in [3.8, 4) is 0 Å². The predicted molar refractivity (Wildman–Crippen MR) is 60.5 cm³/mol. The van der Waals surface area contributed by atoms with Gasteiger partial charge in [-0.25, -0.2) is 0 Å². The molecule has 0 atom stereocenters. The molecule has 0 fully saturated rings. The van der Waals surface area contributed by atoms with Crippen LogP contribution in [-0.4, -0.2) is 13.2 Å². The van der Waals surface area contributed by atoms with Crippen LogP contribution in [0.3, 0.4) is 0 Å². The maximum atomic E-state index is 5.59. The molecular weight excluding hydrogens is 194 g/mol. The normalized spacial score (nSPS) is 20.1. The third kappa shape index (κ3) is 2.22. The third-order valence-electron chi connectivity index (χ3n) is 2.24. The van der Waals surface area contributed by atoms with Gasteiger partial charge < -0.3 is 9.50 Å². The molecule has 0 bridgehead atoms. The second kappa shape index (κ2) is 3.83. The van der Waals surface area contributed by atoms with Crippen LogP contribution in [0.5, 0.6) is 0 Å². The molecule has 0 aliphatic carbocycles. The molecule has 0 radical (unpaired) electrons. The highest BCUT2D eigenvalue weighted by Gasteiger charge is 2.21. The fraction of sp³-hybridized carbons (Fsp3) is 0.455. The Morgan fingerprint density at radius 2 is 2.14 bits per heavy atom. The molecule has 0 unspecified atom stereocenters. The standard InChI is InChI=1S/C11H15NOS/c1-11(2)7-12-9-5-3-4-6-10(9)14-13-8-11/h3-6,12H,7-8H2,1-2H3. The molecule has 1 aliphatic rings. The fourth-order valence-electron chi connectivity index (χ4n) is 1.32. The second-order valence-electron chi connectivity index (χ2n) is 4.36. The van der Waals surface area contributed by atoms with Crippen molar-refractivity contribution in [3.05, 3.63) is 24.3 Å². The summed E-state index contributed by atoms with van der Waals surface area (Å²) in [4.78, 5) is 1.17. The average Bonchev–Trinajstić information content (AvgIpc) is 2.14. The quantitative estimate of drug-likeness (QED) is 0.663. The first kappa shape index (κ1) is 9.87. The number of nitrogens with one attached hydrogen (secondary N) is 1. The number of rotatable bonds is 0. The first-order chi connectivity index (χ1) is 6.67. The number of fused-ring (bicyclic) bond motifs is 1. The Morgan fingerprint density at radius 1 is 1.36 bits per heavy atom. The Bertz CT molecular complexity index is 325. The minimum atomic E-state index is 0.195. The lowest BCUT2D eigenvalue weighted by Crippen LogP contribution is -2.28. The van der Waals surface area contributed by atoms with Gasteiger partial charge in [-0.1, -0.05) is 26.0 Å². The zero-order valence-corrected chi connectivity index (χ0v) is 9.36. The van der Waals surface area contributed by atoms with E-state index < -0.39 is 0 Å². The topological polar surface area (TPSA) is 21.3 Å². The summed E-state index contributed by atoms with van der Waals surface area (Å²) < 4.78 is 5.59. The summed E-state index contributed by atoms with van der Waals surface area (Å²) in [6.45, 7) is 6.13. The van der Waals surface area contributed by atoms with Crippen LogP contribution in [0.1, 0.15) is 13.8 Å². The maximum absolute atomic E-state index is 5.59. The Labute approximate surface area is 89.2 Å². The largest absolute Gasteiger partial charge is 0.383 e. The molecule has 14 heavy (non-hydrogen) atoms. The number of anilines is 1. The molecule has 3 heteroatoms. The van der Waals surface area contributed by atoms with Crippen molar-refractivity contribution in [2.45, 2.75) is 18.7 Å². The second-order valence-corrected chi connectivity index (χ2v) is 5.20. The lowest BCUT2D eigenvalue weighted by molar-refractivity contribution is 0.217. The van der Waals surface area contributed by atoms with Gasteiger partial charge in [0, 0.05) is 24.0 Å². The third-order valence-corrected chi connectivity index (χ3v) is 3.01. The highest BCUT2D eigenvalue weighted by Crippen LogP contribution is 2.32. The van der Waals surface area contributed by atoms with Crippen molar-refractivity contribution < 1.29 is 4.18 Å². The van der Waals surface area contributed by atoms with Crippen molar-refractivity contribution in [2.75, 3.05) is 18.5 Å². The molecule has 76 valence electrons. The van der Waals surface area contributed by atoms with E-state index in [-0.39, 0.29) is 5.41 Å². The van der Waals surface area contributed by atoms with E-state index in [9.17, 15) is 0 Å². The lowest BCUT2D eigenvalue weighted by atomic mass is 9.95. The van der Waals surface area contributed by atoms with Crippen molar-refractivity contribution in [1.82, 2.24) is 0 Å². The van der Waals surface area contributed by atoms with E-state index in [4.69, 9.17) is 4.18 Å². The van der Waals surface area contributed by atoms with Gasteiger partial charge in [0.2, 0.25) is 0 Å². The predicted octanol–water partition coefficient (Wildman–Crippen LogP) is 3.16. The van der Waals surface area contributed by atoms with Crippen molar-refractivity contribution >= 4 is 17.7 Å². The van der Waals surface area contributed by atoms with Gasteiger partial charge in [-0.3, -0.25) is 0 Å². The van der Waals surface area contributed by atoms with Gasteiger partial charge in [0.15, 0.2) is 0 Å². The van der Waals surface area contributed by atoms with Gasteiger partial charge >= 0.3 is 0 Å². The van der Waals surface area contributed by atoms with E-state index >= 15 is 0 Å². The highest BCUT2D eigenvalue weighted by atomic mass is 32.2. The van der Waals surface area contributed by atoms with Gasteiger partial charge in [-0.05, 0) is 12.1 Å². The minimum Gasteiger partial charge on any atom is -0.383 e. The summed E-state index contributed by atoms with van der Waals surface area (Å²) in [5.74, 6) is 0. The Kier molecular flexibility index (Phi) is 2.70. The van der Waals surface area contributed by atoms with Crippen molar-refractivity contribution in [2.24, 2.45) is 5.41 Å². The molecule has 1 aromatic rings. The molecule has 1 aromatic carbocycles. The SMILES string of the molecule is CC1(C)CNc2ccccc2SOC1. The average molecular weight is 209 g/mol. The summed E-state index contributed by atoms with van der Waals surface area (Å²) in [7, 11) is 0. The van der Waals surface area contributed by atoms with Gasteiger partial charge in [0.05, 0.1) is 17.2 Å². The zero-order chi connectivity index (χ0) is 10.0. The Balaban J connectivity index is 2.21. The smallest absolute Gasteiger partial charge is 0.0686 e. The molecule has 0 spiro atoms. The van der Waals surface area contributed by atoms with E-state index in [0.29, 0.717) is 0 Å². The molecule has 0 saturated heterocycles. The molecule has 1 heterocycles. The van der Waals surface area contributed by atoms with E-state index in [1.54, 1.807) is 0 Å². The van der Waals surface area contributed by atoms with E-state index in [2.05, 4.69) is 31.3 Å². The Hall–Kier alpha value is -0.670. The van der Waals surface area contributed by atoms with E-state index in [1.165, 1.54) is 22.6 Å². The molecule has 1 aliphatic heterocycles. The van der Waals surface area contributed by atoms with Crippen LogP contribution in [0, 0.1) is 5.41 Å². The molecular formula is C11H15NOS.